The Kier molecular flexibility index (Phi) is 2.71. The number of esters is 1. The van der Waals surface area contributed by atoms with Crippen molar-refractivity contribution in [3.8, 4) is 0 Å². The molecule has 0 unspecified atom stereocenters. The molecule has 14 heavy (non-hydrogen) atoms. The number of hydrogen-bond donors (Lipinski definition) is 2. The zero-order chi connectivity index (χ0) is 10.9. The highest BCUT2D eigenvalue weighted by Crippen LogP contribution is 2.22. The molecule has 0 aromatic carbocycles. The number of ether oxygens (including phenoxy) is 1. The van der Waals surface area contributed by atoms with Crippen LogP contribution in [0.15, 0.2) is 0 Å². The molecule has 1 aromatic heterocycles. The van der Waals surface area contributed by atoms with E-state index >= 15 is 0 Å². The van der Waals surface area contributed by atoms with Crippen LogP contribution in [-0.2, 0) is 4.74 Å². The van der Waals surface area contributed by atoms with Crippen LogP contribution in [0.1, 0.15) is 31.3 Å². The number of anilines is 1. The van der Waals surface area contributed by atoms with E-state index in [1.165, 1.54) is 0 Å². The second-order valence-corrected chi connectivity index (χ2v) is 4.18. The van der Waals surface area contributed by atoms with Crippen molar-refractivity contribution in [2.24, 2.45) is 0 Å². The van der Waals surface area contributed by atoms with Gasteiger partial charge in [-0.1, -0.05) is 11.6 Å². The van der Waals surface area contributed by atoms with E-state index in [4.69, 9.17) is 22.1 Å². The van der Waals surface area contributed by atoms with Gasteiger partial charge in [0.15, 0.2) is 11.5 Å². The number of H-pyrrole nitrogens is 1. The van der Waals surface area contributed by atoms with Crippen molar-refractivity contribution in [3.05, 3.63) is 10.7 Å². The molecule has 3 N–H and O–H groups in total. The minimum atomic E-state index is -0.569. The highest BCUT2D eigenvalue weighted by Gasteiger charge is 2.22. The van der Waals surface area contributed by atoms with E-state index in [0.717, 1.165) is 0 Å². The van der Waals surface area contributed by atoms with Gasteiger partial charge in [0.1, 0.15) is 10.6 Å². The zero-order valence-electron chi connectivity index (χ0n) is 8.22. The second kappa shape index (κ2) is 3.49. The van der Waals surface area contributed by atoms with Gasteiger partial charge >= 0.3 is 5.97 Å². The maximum atomic E-state index is 11.5. The van der Waals surface area contributed by atoms with Crippen molar-refractivity contribution in [1.82, 2.24) is 10.2 Å². The summed E-state index contributed by atoms with van der Waals surface area (Å²) in [6, 6.07) is 0. The lowest BCUT2D eigenvalue weighted by atomic mass is 10.2. The molecule has 0 atom stereocenters. The lowest BCUT2D eigenvalue weighted by Gasteiger charge is -2.18. The minimum absolute atomic E-state index is 0.0825. The summed E-state index contributed by atoms with van der Waals surface area (Å²) < 4.78 is 5.07. The summed E-state index contributed by atoms with van der Waals surface area (Å²) in [5.74, 6) is -0.473. The van der Waals surface area contributed by atoms with Crippen LogP contribution in [-0.4, -0.2) is 21.8 Å². The number of aromatic amines is 1. The number of nitrogens with zero attached hydrogens (tertiary/aromatic N) is 1. The predicted octanol–water partition coefficient (Wildman–Crippen LogP) is 1.60. The molecular weight excluding hydrogens is 206 g/mol. The van der Waals surface area contributed by atoms with Gasteiger partial charge in [0.2, 0.25) is 0 Å². The molecule has 1 aromatic rings. The van der Waals surface area contributed by atoms with Gasteiger partial charge in [0, 0.05) is 0 Å². The van der Waals surface area contributed by atoms with Gasteiger partial charge in [-0.05, 0) is 20.8 Å². The molecule has 6 heteroatoms. The summed E-state index contributed by atoms with van der Waals surface area (Å²) in [5, 5.41) is 6.10. The molecule has 0 saturated carbocycles. The van der Waals surface area contributed by atoms with Crippen molar-refractivity contribution in [2.45, 2.75) is 26.4 Å². The Morgan fingerprint density at radius 3 is 2.50 bits per heavy atom. The third-order valence-electron chi connectivity index (χ3n) is 1.34. The second-order valence-electron chi connectivity index (χ2n) is 3.80. The number of hydrogen-bond acceptors (Lipinski definition) is 4. The average molecular weight is 218 g/mol. The number of carbonyl (C=O) groups is 1. The lowest BCUT2D eigenvalue weighted by Crippen LogP contribution is -2.24. The summed E-state index contributed by atoms with van der Waals surface area (Å²) in [5.41, 5.74) is 4.87. The van der Waals surface area contributed by atoms with Crippen LogP contribution >= 0.6 is 11.6 Å². The molecule has 0 spiro atoms. The Bertz CT molecular complexity index is 354. The average Bonchev–Trinajstić information content (AvgIpc) is 2.29. The van der Waals surface area contributed by atoms with E-state index in [-0.39, 0.29) is 16.5 Å². The van der Waals surface area contributed by atoms with Crippen molar-refractivity contribution in [1.29, 1.82) is 0 Å². The van der Waals surface area contributed by atoms with E-state index in [1.54, 1.807) is 20.8 Å². The molecule has 0 aliphatic heterocycles. The van der Waals surface area contributed by atoms with Gasteiger partial charge in [0.25, 0.3) is 0 Å². The molecule has 0 aliphatic rings. The molecule has 78 valence electrons. The molecular formula is C8H12ClN3O2. The number of rotatable bonds is 1. The summed E-state index contributed by atoms with van der Waals surface area (Å²) in [6.07, 6.45) is 0. The molecule has 1 rings (SSSR count). The van der Waals surface area contributed by atoms with Crippen LogP contribution in [0.2, 0.25) is 5.02 Å². The summed E-state index contributed by atoms with van der Waals surface area (Å²) >= 11 is 5.71. The number of carbonyl (C=O) groups excluding carboxylic acids is 1. The number of nitrogen functional groups attached to an aromatic ring is 1. The molecule has 1 heterocycles. The largest absolute Gasteiger partial charge is 0.455 e. The Morgan fingerprint density at radius 1 is 1.57 bits per heavy atom. The van der Waals surface area contributed by atoms with Gasteiger partial charge in [0.05, 0.1) is 0 Å². The molecule has 5 nitrogen and oxygen atoms in total. The molecule has 0 aliphatic carbocycles. The fourth-order valence-corrected chi connectivity index (χ4v) is 0.968. The first-order valence-electron chi connectivity index (χ1n) is 4.04. The monoisotopic (exact) mass is 217 g/mol. The van der Waals surface area contributed by atoms with Crippen LogP contribution in [0.25, 0.3) is 0 Å². The van der Waals surface area contributed by atoms with Gasteiger partial charge in [-0.3, -0.25) is 5.10 Å². The number of nitrogens with two attached hydrogens (primary N) is 1. The van der Waals surface area contributed by atoms with E-state index < -0.39 is 11.6 Å². The smallest absolute Gasteiger partial charge is 0.358 e. The van der Waals surface area contributed by atoms with E-state index in [9.17, 15) is 4.79 Å². The van der Waals surface area contributed by atoms with Crippen LogP contribution in [0.5, 0.6) is 0 Å². The molecule has 0 saturated heterocycles. The molecule has 0 bridgehead atoms. The quantitative estimate of drug-likeness (QED) is 0.701. The van der Waals surface area contributed by atoms with Gasteiger partial charge in [-0.2, -0.15) is 5.10 Å². The van der Waals surface area contributed by atoms with Crippen LogP contribution in [0.3, 0.4) is 0 Å². The van der Waals surface area contributed by atoms with Crippen molar-refractivity contribution in [2.75, 3.05) is 5.73 Å². The van der Waals surface area contributed by atoms with Gasteiger partial charge in [-0.25, -0.2) is 4.79 Å². The topological polar surface area (TPSA) is 81.0 Å². The first-order valence-corrected chi connectivity index (χ1v) is 4.42. The highest BCUT2D eigenvalue weighted by molar-refractivity contribution is 6.35. The predicted molar refractivity (Wildman–Crippen MR) is 53.2 cm³/mol. The van der Waals surface area contributed by atoms with E-state index in [2.05, 4.69) is 10.2 Å². The van der Waals surface area contributed by atoms with Crippen molar-refractivity contribution >= 4 is 23.4 Å². The number of nitrogens with one attached hydrogen (secondary N) is 1. The Morgan fingerprint density at radius 2 is 2.14 bits per heavy atom. The normalized spacial score (nSPS) is 11.4. The maximum Gasteiger partial charge on any atom is 0.358 e. The third kappa shape index (κ3) is 2.38. The zero-order valence-corrected chi connectivity index (χ0v) is 8.97. The molecule has 0 radical (unpaired) electrons. The van der Waals surface area contributed by atoms with Crippen molar-refractivity contribution < 1.29 is 9.53 Å². The van der Waals surface area contributed by atoms with Crippen LogP contribution < -0.4 is 5.73 Å². The summed E-state index contributed by atoms with van der Waals surface area (Å²) in [4.78, 5) is 11.5. The van der Waals surface area contributed by atoms with Crippen molar-refractivity contribution in [3.63, 3.8) is 0 Å². The lowest BCUT2D eigenvalue weighted by molar-refractivity contribution is 0.00631. The van der Waals surface area contributed by atoms with Gasteiger partial charge in [-0.15, -0.1) is 0 Å². The standard InChI is InChI=1S/C8H12ClN3O2/c1-8(2,3)14-7(13)5-4(9)6(10)12-11-5/h1-3H3,(H3,10,11,12). The maximum absolute atomic E-state index is 11.5. The SMILES string of the molecule is CC(C)(C)OC(=O)c1[nH]nc(N)c1Cl. The highest BCUT2D eigenvalue weighted by atomic mass is 35.5. The van der Waals surface area contributed by atoms with Crippen LogP contribution in [0.4, 0.5) is 5.82 Å². The Hall–Kier alpha value is -1.23. The van der Waals surface area contributed by atoms with Gasteiger partial charge < -0.3 is 10.5 Å². The third-order valence-corrected chi connectivity index (χ3v) is 1.72. The number of halogens is 1. The van der Waals surface area contributed by atoms with E-state index in [0.29, 0.717) is 0 Å². The number of aromatic nitrogens is 2. The first-order chi connectivity index (χ1) is 6.31. The Labute approximate surface area is 86.6 Å². The molecule has 0 amide bonds. The first kappa shape index (κ1) is 10.8. The summed E-state index contributed by atoms with van der Waals surface area (Å²) in [7, 11) is 0. The fraction of sp³-hybridized carbons (Fsp3) is 0.500. The van der Waals surface area contributed by atoms with E-state index in [1.807, 2.05) is 0 Å². The molecule has 0 fully saturated rings. The van der Waals surface area contributed by atoms with Crippen LogP contribution in [0, 0.1) is 0 Å². The minimum Gasteiger partial charge on any atom is -0.455 e. The fourth-order valence-electron chi connectivity index (χ4n) is 0.807. The Balaban J connectivity index is 2.86. The summed E-state index contributed by atoms with van der Waals surface area (Å²) in [6.45, 7) is 5.29.